The van der Waals surface area contributed by atoms with Crippen molar-refractivity contribution in [3.63, 3.8) is 0 Å². The van der Waals surface area contributed by atoms with Gasteiger partial charge in [0.1, 0.15) is 12.2 Å². The van der Waals surface area contributed by atoms with Crippen LogP contribution < -0.4 is 5.32 Å². The van der Waals surface area contributed by atoms with Crippen molar-refractivity contribution < 1.29 is 32.3 Å². The molecular formula is C20H20F3NO4. The Bertz CT molecular complexity index is 897. The molecule has 150 valence electrons. The Hall–Kier alpha value is -2.77. The molecule has 1 saturated carbocycles. The Kier molecular flexibility index (Phi) is 5.23. The number of hydrogen-bond acceptors (Lipinski definition) is 3. The topological polar surface area (TPSA) is 79.5 Å². The minimum absolute atomic E-state index is 0.0595. The SMILES string of the molecule is Cc1coc(CC(=O)O)c1C(=O)NCC1(c2cccc(C(F)(F)F)c2)CCC1. The van der Waals surface area contributed by atoms with Crippen LogP contribution in [-0.2, 0) is 22.8 Å². The minimum Gasteiger partial charge on any atom is -0.481 e. The van der Waals surface area contributed by atoms with Crippen LogP contribution in [0.1, 0.15) is 52.1 Å². The van der Waals surface area contributed by atoms with Crippen LogP contribution in [0.4, 0.5) is 13.2 Å². The molecule has 0 radical (unpaired) electrons. The summed E-state index contributed by atoms with van der Waals surface area (Å²) < 4.78 is 44.3. The van der Waals surface area contributed by atoms with Gasteiger partial charge < -0.3 is 14.8 Å². The fourth-order valence-corrected chi connectivity index (χ4v) is 3.60. The van der Waals surface area contributed by atoms with Gasteiger partial charge in [0.05, 0.1) is 17.4 Å². The monoisotopic (exact) mass is 395 g/mol. The molecule has 0 unspecified atom stereocenters. The minimum atomic E-state index is -4.43. The van der Waals surface area contributed by atoms with Crippen molar-refractivity contribution in [1.29, 1.82) is 0 Å². The third kappa shape index (κ3) is 3.90. The molecule has 3 rings (SSSR count). The number of rotatable bonds is 6. The molecule has 2 aromatic rings. The van der Waals surface area contributed by atoms with Crippen molar-refractivity contribution in [2.45, 2.75) is 44.2 Å². The number of aliphatic carboxylic acids is 1. The predicted octanol–water partition coefficient (Wildman–Crippen LogP) is 4.09. The van der Waals surface area contributed by atoms with Crippen LogP contribution in [0.3, 0.4) is 0 Å². The molecule has 1 aromatic carbocycles. The lowest BCUT2D eigenvalue weighted by Crippen LogP contribution is -2.45. The summed E-state index contributed by atoms with van der Waals surface area (Å²) >= 11 is 0. The zero-order chi connectivity index (χ0) is 20.5. The maximum absolute atomic E-state index is 13.0. The number of carbonyl (C=O) groups excluding carboxylic acids is 1. The smallest absolute Gasteiger partial charge is 0.416 e. The molecular weight excluding hydrogens is 375 g/mol. The molecule has 2 N–H and O–H groups in total. The Morgan fingerprint density at radius 3 is 2.57 bits per heavy atom. The van der Waals surface area contributed by atoms with Gasteiger partial charge in [-0.2, -0.15) is 13.2 Å². The van der Waals surface area contributed by atoms with Gasteiger partial charge in [-0.3, -0.25) is 9.59 Å². The van der Waals surface area contributed by atoms with Crippen molar-refractivity contribution in [3.8, 4) is 0 Å². The van der Waals surface area contributed by atoms with Crippen molar-refractivity contribution in [3.05, 3.63) is 58.5 Å². The van der Waals surface area contributed by atoms with Crippen molar-refractivity contribution in [1.82, 2.24) is 5.32 Å². The molecule has 0 spiro atoms. The molecule has 0 saturated heterocycles. The van der Waals surface area contributed by atoms with Gasteiger partial charge in [-0.15, -0.1) is 0 Å². The largest absolute Gasteiger partial charge is 0.481 e. The standard InChI is InChI=1S/C20H20F3NO4/c1-12-10-28-15(9-16(25)26)17(12)18(27)24-11-19(6-3-7-19)13-4-2-5-14(8-13)20(21,22)23/h2,4-5,8,10H,3,6-7,9,11H2,1H3,(H,24,27)(H,25,26). The quantitative estimate of drug-likeness (QED) is 0.772. The summed E-state index contributed by atoms with van der Waals surface area (Å²) in [5.41, 5.74) is -0.0430. The molecule has 1 fully saturated rings. The van der Waals surface area contributed by atoms with Crippen molar-refractivity contribution in [2.24, 2.45) is 0 Å². The van der Waals surface area contributed by atoms with Crippen molar-refractivity contribution in [2.75, 3.05) is 6.54 Å². The van der Waals surface area contributed by atoms with E-state index >= 15 is 0 Å². The number of carbonyl (C=O) groups is 2. The highest BCUT2D eigenvalue weighted by molar-refractivity contribution is 5.97. The molecule has 1 aromatic heterocycles. The van der Waals surface area contributed by atoms with E-state index in [0.29, 0.717) is 24.0 Å². The predicted molar refractivity (Wildman–Crippen MR) is 94.1 cm³/mol. The fourth-order valence-electron chi connectivity index (χ4n) is 3.60. The highest BCUT2D eigenvalue weighted by Crippen LogP contribution is 2.44. The average Bonchev–Trinajstić information content (AvgIpc) is 2.93. The number of carboxylic acid groups (broad SMARTS) is 1. The van der Waals surface area contributed by atoms with Crippen LogP contribution >= 0.6 is 0 Å². The summed E-state index contributed by atoms with van der Waals surface area (Å²) in [4.78, 5) is 23.6. The third-order valence-electron chi connectivity index (χ3n) is 5.29. The van der Waals surface area contributed by atoms with E-state index in [-0.39, 0.29) is 17.9 Å². The molecule has 5 nitrogen and oxygen atoms in total. The molecule has 1 amide bonds. The first kappa shape index (κ1) is 20.0. The number of nitrogens with one attached hydrogen (secondary N) is 1. The lowest BCUT2D eigenvalue weighted by atomic mass is 9.64. The van der Waals surface area contributed by atoms with Crippen LogP contribution in [0, 0.1) is 6.92 Å². The summed E-state index contributed by atoms with van der Waals surface area (Å²) in [6, 6.07) is 5.20. The normalized spacial score (nSPS) is 15.7. The van der Waals surface area contributed by atoms with E-state index in [0.717, 1.165) is 18.6 Å². The Balaban J connectivity index is 1.79. The first-order chi connectivity index (χ1) is 13.1. The number of furan rings is 1. The van der Waals surface area contributed by atoms with E-state index in [9.17, 15) is 22.8 Å². The fraction of sp³-hybridized carbons (Fsp3) is 0.400. The summed E-state index contributed by atoms with van der Waals surface area (Å²) in [7, 11) is 0. The lowest BCUT2D eigenvalue weighted by Gasteiger charge is -2.43. The van der Waals surface area contributed by atoms with Gasteiger partial charge in [0.25, 0.3) is 5.91 Å². The molecule has 8 heteroatoms. The number of carboxylic acids is 1. The first-order valence-electron chi connectivity index (χ1n) is 8.87. The highest BCUT2D eigenvalue weighted by atomic mass is 19.4. The van der Waals surface area contributed by atoms with Crippen LogP contribution in [0.2, 0.25) is 0 Å². The average molecular weight is 395 g/mol. The van der Waals surface area contributed by atoms with Gasteiger partial charge in [-0.25, -0.2) is 0 Å². The van der Waals surface area contributed by atoms with Gasteiger partial charge >= 0.3 is 12.1 Å². The Morgan fingerprint density at radius 1 is 1.29 bits per heavy atom. The van der Waals surface area contributed by atoms with Gasteiger partial charge in [0, 0.05) is 17.5 Å². The molecule has 0 bridgehead atoms. The van der Waals surface area contributed by atoms with Gasteiger partial charge in [-0.05, 0) is 31.4 Å². The van der Waals surface area contributed by atoms with E-state index < -0.39 is 35.5 Å². The van der Waals surface area contributed by atoms with Gasteiger partial charge in [-0.1, -0.05) is 24.6 Å². The molecule has 0 atom stereocenters. The first-order valence-corrected chi connectivity index (χ1v) is 8.87. The van der Waals surface area contributed by atoms with E-state index in [1.807, 2.05) is 0 Å². The molecule has 1 aliphatic carbocycles. The van der Waals surface area contributed by atoms with E-state index in [4.69, 9.17) is 9.52 Å². The summed E-state index contributed by atoms with van der Waals surface area (Å²) in [6.07, 6.45) is -1.33. The molecule has 1 heterocycles. The second kappa shape index (κ2) is 7.33. The molecule has 28 heavy (non-hydrogen) atoms. The number of aryl methyl sites for hydroxylation is 1. The maximum Gasteiger partial charge on any atom is 0.416 e. The van der Waals surface area contributed by atoms with Gasteiger partial charge in [0.15, 0.2) is 0 Å². The number of halogens is 3. The third-order valence-corrected chi connectivity index (χ3v) is 5.29. The van der Waals surface area contributed by atoms with Crippen LogP contribution in [-0.4, -0.2) is 23.5 Å². The zero-order valence-corrected chi connectivity index (χ0v) is 15.2. The summed E-state index contributed by atoms with van der Waals surface area (Å²) in [6.45, 7) is 1.81. The van der Waals surface area contributed by atoms with Crippen LogP contribution in [0.5, 0.6) is 0 Å². The van der Waals surface area contributed by atoms with E-state index in [1.165, 1.54) is 12.3 Å². The number of hydrogen-bond donors (Lipinski definition) is 2. The lowest BCUT2D eigenvalue weighted by molar-refractivity contribution is -0.138. The number of alkyl halides is 3. The number of amides is 1. The molecule has 0 aliphatic heterocycles. The summed E-state index contributed by atoms with van der Waals surface area (Å²) in [5.74, 6) is -1.55. The molecule has 1 aliphatic rings. The van der Waals surface area contributed by atoms with Crippen LogP contribution in [0.25, 0.3) is 0 Å². The second-order valence-corrected chi connectivity index (χ2v) is 7.18. The number of benzene rings is 1. The highest BCUT2D eigenvalue weighted by Gasteiger charge is 2.41. The van der Waals surface area contributed by atoms with E-state index in [2.05, 4.69) is 5.32 Å². The second-order valence-electron chi connectivity index (χ2n) is 7.18. The van der Waals surface area contributed by atoms with Crippen molar-refractivity contribution >= 4 is 11.9 Å². The zero-order valence-electron chi connectivity index (χ0n) is 15.2. The summed E-state index contributed by atoms with van der Waals surface area (Å²) in [5, 5.41) is 11.7. The van der Waals surface area contributed by atoms with Crippen LogP contribution in [0.15, 0.2) is 34.9 Å². The van der Waals surface area contributed by atoms with Gasteiger partial charge in [0.2, 0.25) is 0 Å². The Labute approximate surface area is 159 Å². The van der Waals surface area contributed by atoms with E-state index in [1.54, 1.807) is 13.0 Å². The Morgan fingerprint density at radius 2 is 2.00 bits per heavy atom. The maximum atomic E-state index is 13.0.